The van der Waals surface area contributed by atoms with Gasteiger partial charge in [-0.3, -0.25) is 14.4 Å². The average Bonchev–Trinajstić information content (AvgIpc) is 2.58. The van der Waals surface area contributed by atoms with Crippen molar-refractivity contribution < 1.29 is 23.9 Å². The predicted molar refractivity (Wildman–Crippen MR) is 86.3 cm³/mol. The largest absolute Gasteiger partial charge is 0.468 e. The van der Waals surface area contributed by atoms with Crippen molar-refractivity contribution >= 4 is 23.5 Å². The van der Waals surface area contributed by atoms with Crippen LogP contribution in [0.1, 0.15) is 18.9 Å². The molecule has 0 aromatic heterocycles. The fourth-order valence-corrected chi connectivity index (χ4v) is 3.83. The maximum absolute atomic E-state index is 12.9. The van der Waals surface area contributed by atoms with E-state index in [-0.39, 0.29) is 5.91 Å². The molecule has 126 valence electrons. The van der Waals surface area contributed by atoms with Crippen LogP contribution in [0.4, 0.5) is 5.69 Å². The number of allylic oxidation sites excluding steroid dienone is 1. The average molecular weight is 329 g/mol. The molecular weight excluding hydrogens is 310 g/mol. The fraction of sp³-hybridized carbons (Fsp3) is 0.389. The van der Waals surface area contributed by atoms with Gasteiger partial charge in [0.15, 0.2) is 0 Å². The van der Waals surface area contributed by atoms with Crippen LogP contribution in [0.25, 0.3) is 0 Å². The molecule has 3 atom stereocenters. The van der Waals surface area contributed by atoms with Gasteiger partial charge < -0.3 is 14.4 Å². The SMILES string of the molecule is COC(=O)[C@]12c3ccccc3N(C)C(=O)[C@H]1CC=C[C@@H]2OC(C)=O. The maximum atomic E-state index is 12.9. The third-order valence-electron chi connectivity index (χ3n) is 4.84. The van der Waals surface area contributed by atoms with Crippen molar-refractivity contribution in [3.8, 4) is 0 Å². The topological polar surface area (TPSA) is 72.9 Å². The number of carbonyl (C=O) groups excluding carboxylic acids is 3. The Morgan fingerprint density at radius 2 is 2.00 bits per heavy atom. The van der Waals surface area contributed by atoms with Crippen LogP contribution in [0.5, 0.6) is 0 Å². The second kappa shape index (κ2) is 5.78. The van der Waals surface area contributed by atoms with E-state index in [0.29, 0.717) is 17.7 Å². The summed E-state index contributed by atoms with van der Waals surface area (Å²) in [6.45, 7) is 1.28. The number of rotatable bonds is 2. The van der Waals surface area contributed by atoms with Crippen LogP contribution in [0, 0.1) is 5.92 Å². The summed E-state index contributed by atoms with van der Waals surface area (Å²) < 4.78 is 10.5. The number of anilines is 1. The van der Waals surface area contributed by atoms with Gasteiger partial charge in [0.1, 0.15) is 11.5 Å². The summed E-state index contributed by atoms with van der Waals surface area (Å²) >= 11 is 0. The van der Waals surface area contributed by atoms with Crippen molar-refractivity contribution in [3.63, 3.8) is 0 Å². The lowest BCUT2D eigenvalue weighted by atomic mass is 9.60. The van der Waals surface area contributed by atoms with Crippen LogP contribution in [0.3, 0.4) is 0 Å². The number of esters is 2. The minimum Gasteiger partial charge on any atom is -0.468 e. The smallest absolute Gasteiger partial charge is 0.321 e. The Morgan fingerprint density at radius 1 is 1.29 bits per heavy atom. The van der Waals surface area contributed by atoms with E-state index in [1.165, 1.54) is 14.0 Å². The van der Waals surface area contributed by atoms with Gasteiger partial charge in [-0.2, -0.15) is 0 Å². The molecule has 24 heavy (non-hydrogen) atoms. The van der Waals surface area contributed by atoms with E-state index in [4.69, 9.17) is 9.47 Å². The first-order valence-electron chi connectivity index (χ1n) is 7.74. The summed E-state index contributed by atoms with van der Waals surface area (Å²) in [4.78, 5) is 39.0. The summed E-state index contributed by atoms with van der Waals surface area (Å²) in [6, 6.07) is 7.16. The number of methoxy groups -OCH3 is 1. The van der Waals surface area contributed by atoms with Crippen LogP contribution < -0.4 is 4.90 Å². The van der Waals surface area contributed by atoms with Crippen LogP contribution in [-0.4, -0.2) is 38.1 Å². The summed E-state index contributed by atoms with van der Waals surface area (Å²) in [5, 5.41) is 0. The van der Waals surface area contributed by atoms with Crippen molar-refractivity contribution in [2.24, 2.45) is 5.92 Å². The van der Waals surface area contributed by atoms with Gasteiger partial charge in [0.25, 0.3) is 0 Å². The molecule has 3 rings (SSSR count). The van der Waals surface area contributed by atoms with Crippen LogP contribution in [0.2, 0.25) is 0 Å². The number of hydrogen-bond donors (Lipinski definition) is 0. The zero-order valence-corrected chi connectivity index (χ0v) is 13.8. The van der Waals surface area contributed by atoms with Gasteiger partial charge in [0.05, 0.1) is 13.0 Å². The van der Waals surface area contributed by atoms with Crippen molar-refractivity contribution in [2.75, 3.05) is 19.1 Å². The van der Waals surface area contributed by atoms with Crippen molar-refractivity contribution in [1.82, 2.24) is 0 Å². The highest BCUT2D eigenvalue weighted by Gasteiger charge is 2.62. The lowest BCUT2D eigenvalue weighted by molar-refractivity contribution is -0.166. The molecule has 0 N–H and O–H groups in total. The number of hydrogen-bond acceptors (Lipinski definition) is 5. The Kier molecular flexibility index (Phi) is 3.91. The van der Waals surface area contributed by atoms with E-state index in [1.54, 1.807) is 48.4 Å². The van der Waals surface area contributed by atoms with Gasteiger partial charge in [0, 0.05) is 19.7 Å². The molecule has 0 radical (unpaired) electrons. The van der Waals surface area contributed by atoms with E-state index in [9.17, 15) is 14.4 Å². The number of fused-ring (bicyclic) bond motifs is 3. The van der Waals surface area contributed by atoms with Gasteiger partial charge in [-0.1, -0.05) is 24.3 Å². The molecule has 0 saturated carbocycles. The molecule has 1 aromatic carbocycles. The molecule has 1 aliphatic carbocycles. The lowest BCUT2D eigenvalue weighted by Gasteiger charge is -2.48. The Bertz CT molecular complexity index is 741. The standard InChI is InChI=1S/C18H19NO5/c1-11(20)24-15-10-6-8-13-16(21)19(2)14-9-5-4-7-12(14)18(13,15)17(22)23-3/h4-7,9-10,13,15H,8H2,1-3H3/t13-,15+,18-/m1/s1. The first-order chi connectivity index (χ1) is 11.4. The van der Waals surface area contributed by atoms with E-state index in [0.717, 1.165) is 0 Å². The summed E-state index contributed by atoms with van der Waals surface area (Å²) in [7, 11) is 2.96. The molecule has 6 nitrogen and oxygen atoms in total. The second-order valence-electron chi connectivity index (χ2n) is 6.02. The second-order valence-corrected chi connectivity index (χ2v) is 6.02. The summed E-state index contributed by atoms with van der Waals surface area (Å²) in [5.41, 5.74) is -0.105. The molecule has 0 bridgehead atoms. The number of para-hydroxylation sites is 1. The minimum absolute atomic E-state index is 0.194. The molecule has 1 aliphatic heterocycles. The summed E-state index contributed by atoms with van der Waals surface area (Å²) in [6.07, 6.45) is 2.94. The van der Waals surface area contributed by atoms with E-state index in [1.807, 2.05) is 0 Å². The lowest BCUT2D eigenvalue weighted by Crippen LogP contribution is -2.62. The molecule has 0 saturated heterocycles. The van der Waals surface area contributed by atoms with E-state index < -0.39 is 29.4 Å². The third-order valence-corrected chi connectivity index (χ3v) is 4.84. The van der Waals surface area contributed by atoms with Crippen LogP contribution >= 0.6 is 0 Å². The fourth-order valence-electron chi connectivity index (χ4n) is 3.83. The quantitative estimate of drug-likeness (QED) is 0.608. The highest BCUT2D eigenvalue weighted by Crippen LogP contribution is 2.51. The van der Waals surface area contributed by atoms with E-state index in [2.05, 4.69) is 0 Å². The summed E-state index contributed by atoms with van der Waals surface area (Å²) in [5.74, 6) is -1.96. The number of benzene rings is 1. The van der Waals surface area contributed by atoms with Gasteiger partial charge in [-0.25, -0.2) is 0 Å². The van der Waals surface area contributed by atoms with E-state index >= 15 is 0 Å². The highest BCUT2D eigenvalue weighted by molar-refractivity contribution is 6.06. The Balaban J connectivity index is 2.32. The molecule has 0 spiro atoms. The zero-order chi connectivity index (χ0) is 17.5. The first-order valence-corrected chi connectivity index (χ1v) is 7.74. The number of nitrogens with zero attached hydrogens (tertiary/aromatic N) is 1. The number of ether oxygens (including phenoxy) is 2. The highest BCUT2D eigenvalue weighted by atomic mass is 16.6. The number of carbonyl (C=O) groups is 3. The molecule has 0 unspecified atom stereocenters. The molecule has 1 aromatic rings. The molecular formula is C18H19NO5. The third kappa shape index (κ3) is 2.06. The van der Waals surface area contributed by atoms with Gasteiger partial charge >= 0.3 is 11.9 Å². The molecule has 6 heteroatoms. The molecule has 0 fully saturated rings. The Morgan fingerprint density at radius 3 is 2.67 bits per heavy atom. The molecule has 1 amide bonds. The van der Waals surface area contributed by atoms with Crippen molar-refractivity contribution in [2.45, 2.75) is 24.9 Å². The van der Waals surface area contributed by atoms with Gasteiger partial charge in [-0.05, 0) is 24.1 Å². The van der Waals surface area contributed by atoms with Gasteiger partial charge in [-0.15, -0.1) is 0 Å². The first kappa shape index (κ1) is 16.2. The normalized spacial score (nSPS) is 28.0. The minimum atomic E-state index is -1.37. The van der Waals surface area contributed by atoms with Crippen molar-refractivity contribution in [3.05, 3.63) is 42.0 Å². The maximum Gasteiger partial charge on any atom is 0.321 e. The molecule has 2 aliphatic rings. The predicted octanol–water partition coefficient (Wildman–Crippen LogP) is 1.58. The molecule has 1 heterocycles. The Hall–Kier alpha value is -2.63. The monoisotopic (exact) mass is 329 g/mol. The Labute approximate surface area is 140 Å². The van der Waals surface area contributed by atoms with Gasteiger partial charge in [0.2, 0.25) is 5.91 Å². The zero-order valence-electron chi connectivity index (χ0n) is 13.8. The number of amides is 1. The van der Waals surface area contributed by atoms with Crippen molar-refractivity contribution in [1.29, 1.82) is 0 Å². The van der Waals surface area contributed by atoms with Crippen LogP contribution in [-0.2, 0) is 29.3 Å². The van der Waals surface area contributed by atoms with Crippen LogP contribution in [0.15, 0.2) is 36.4 Å².